The highest BCUT2D eigenvalue weighted by Gasteiger charge is 2.54. The Morgan fingerprint density at radius 1 is 1.11 bits per heavy atom. The zero-order valence-corrected chi connectivity index (χ0v) is 20.0. The number of amides is 1. The average Bonchev–Trinajstić information content (AvgIpc) is 3.49. The van der Waals surface area contributed by atoms with Gasteiger partial charge in [-0.3, -0.25) is 9.36 Å². The normalized spacial score (nSPS) is 21.3. The van der Waals surface area contributed by atoms with E-state index in [2.05, 4.69) is 20.1 Å². The molecule has 2 fully saturated rings. The van der Waals surface area contributed by atoms with Gasteiger partial charge in [0.1, 0.15) is 17.5 Å². The largest absolute Gasteiger partial charge is 0.357 e. The van der Waals surface area contributed by atoms with E-state index in [-0.39, 0.29) is 31.1 Å². The van der Waals surface area contributed by atoms with Crippen molar-refractivity contribution in [1.82, 2.24) is 24.6 Å². The highest BCUT2D eigenvalue weighted by atomic mass is 35.5. The number of fused-ring (bicyclic) bond motifs is 3. The van der Waals surface area contributed by atoms with Gasteiger partial charge in [0, 0.05) is 30.6 Å². The summed E-state index contributed by atoms with van der Waals surface area (Å²) in [4.78, 5) is 21.0. The van der Waals surface area contributed by atoms with Gasteiger partial charge < -0.3 is 9.80 Å². The maximum atomic E-state index is 14.8. The lowest BCUT2D eigenvalue weighted by molar-refractivity contribution is -0.141. The van der Waals surface area contributed by atoms with Crippen LogP contribution < -0.4 is 4.90 Å². The summed E-state index contributed by atoms with van der Waals surface area (Å²) in [6, 6.07) is 8.26. The summed E-state index contributed by atoms with van der Waals surface area (Å²) in [6.07, 6.45) is 3.41. The number of carbonyl (C=O) groups is 1. The van der Waals surface area contributed by atoms with Gasteiger partial charge in [0.05, 0.1) is 17.9 Å². The molecule has 0 bridgehead atoms. The SMILES string of the molecule is CC1c2nnc(C3CCN(c4ccc(F)cn4)CC3)n2-c2ccc(Cl)cc2CN1C(=O)C1(F)CC1. The Labute approximate surface area is 206 Å². The number of halogens is 3. The van der Waals surface area contributed by atoms with Crippen LogP contribution in [-0.2, 0) is 11.3 Å². The molecule has 1 aromatic carbocycles. The van der Waals surface area contributed by atoms with Crippen molar-refractivity contribution in [2.24, 2.45) is 0 Å². The Kier molecular flexibility index (Phi) is 5.28. The minimum Gasteiger partial charge on any atom is -0.357 e. The fourth-order valence-corrected chi connectivity index (χ4v) is 5.39. The van der Waals surface area contributed by atoms with Crippen LogP contribution in [0.15, 0.2) is 36.5 Å². The molecule has 3 aromatic rings. The number of pyridine rings is 1. The van der Waals surface area contributed by atoms with Gasteiger partial charge in [0.15, 0.2) is 11.5 Å². The quantitative estimate of drug-likeness (QED) is 0.521. The van der Waals surface area contributed by atoms with Gasteiger partial charge in [0.25, 0.3) is 5.91 Å². The topological polar surface area (TPSA) is 67.2 Å². The first-order valence-electron chi connectivity index (χ1n) is 11.9. The molecule has 10 heteroatoms. The number of piperidine rings is 1. The third-order valence-electron chi connectivity index (χ3n) is 7.41. The predicted octanol–water partition coefficient (Wildman–Crippen LogP) is 4.74. The first-order valence-corrected chi connectivity index (χ1v) is 12.3. The highest BCUT2D eigenvalue weighted by molar-refractivity contribution is 6.30. The van der Waals surface area contributed by atoms with Crippen molar-refractivity contribution in [1.29, 1.82) is 0 Å². The number of hydrogen-bond donors (Lipinski definition) is 0. The van der Waals surface area contributed by atoms with Crippen molar-refractivity contribution < 1.29 is 13.6 Å². The predicted molar refractivity (Wildman–Crippen MR) is 127 cm³/mol. The van der Waals surface area contributed by atoms with Gasteiger partial charge >= 0.3 is 0 Å². The average molecular weight is 499 g/mol. The van der Waals surface area contributed by atoms with Crippen LogP contribution >= 0.6 is 11.6 Å². The molecule has 1 unspecified atom stereocenters. The maximum absolute atomic E-state index is 14.8. The maximum Gasteiger partial charge on any atom is 0.261 e. The van der Waals surface area contributed by atoms with Crippen molar-refractivity contribution in [3.63, 3.8) is 0 Å². The van der Waals surface area contributed by atoms with E-state index in [1.807, 2.05) is 29.7 Å². The van der Waals surface area contributed by atoms with Crippen molar-refractivity contribution in [3.05, 3.63) is 64.6 Å². The van der Waals surface area contributed by atoms with Gasteiger partial charge in [-0.05, 0) is 68.5 Å². The number of aromatic nitrogens is 4. The van der Waals surface area contributed by atoms with Crippen molar-refractivity contribution in [2.45, 2.75) is 56.8 Å². The number of nitrogens with zero attached hydrogens (tertiary/aromatic N) is 6. The van der Waals surface area contributed by atoms with Crippen LogP contribution in [0.4, 0.5) is 14.6 Å². The van der Waals surface area contributed by atoms with Gasteiger partial charge in [0.2, 0.25) is 0 Å². The van der Waals surface area contributed by atoms with Crippen molar-refractivity contribution in [3.8, 4) is 5.69 Å². The number of alkyl halides is 1. The number of rotatable bonds is 3. The molecule has 3 aliphatic rings. The molecule has 1 aliphatic carbocycles. The molecule has 4 heterocycles. The molecule has 182 valence electrons. The summed E-state index contributed by atoms with van der Waals surface area (Å²) in [7, 11) is 0. The van der Waals surface area contributed by atoms with Crippen LogP contribution in [0.1, 0.15) is 61.8 Å². The van der Waals surface area contributed by atoms with Crippen molar-refractivity contribution >= 4 is 23.3 Å². The van der Waals surface area contributed by atoms with Gasteiger partial charge in [-0.25, -0.2) is 13.8 Å². The van der Waals surface area contributed by atoms with Gasteiger partial charge in [-0.2, -0.15) is 0 Å². The summed E-state index contributed by atoms with van der Waals surface area (Å²) in [6.45, 7) is 3.65. The summed E-state index contributed by atoms with van der Waals surface area (Å²) in [5.41, 5.74) is -0.0562. The Hall–Kier alpha value is -3.07. The number of carbonyl (C=O) groups excluding carboxylic acids is 1. The van der Waals surface area contributed by atoms with E-state index in [4.69, 9.17) is 11.6 Å². The molecule has 0 N–H and O–H groups in total. The first kappa shape index (κ1) is 22.4. The molecule has 1 amide bonds. The van der Waals surface area contributed by atoms with Crippen LogP contribution in [0, 0.1) is 5.82 Å². The van der Waals surface area contributed by atoms with Crippen LogP contribution in [0.2, 0.25) is 5.02 Å². The lowest BCUT2D eigenvalue weighted by atomic mass is 9.95. The van der Waals surface area contributed by atoms with Crippen LogP contribution in [0.25, 0.3) is 5.69 Å². The molecule has 35 heavy (non-hydrogen) atoms. The van der Waals surface area contributed by atoms with Crippen molar-refractivity contribution in [2.75, 3.05) is 18.0 Å². The molecule has 2 aromatic heterocycles. The molecule has 7 nitrogen and oxygen atoms in total. The number of benzene rings is 1. The Balaban J connectivity index is 1.34. The minimum absolute atomic E-state index is 0.141. The minimum atomic E-state index is -1.77. The fraction of sp³-hybridized carbons (Fsp3) is 0.440. The first-order chi connectivity index (χ1) is 16.8. The second kappa shape index (κ2) is 8.26. The lowest BCUT2D eigenvalue weighted by Crippen LogP contribution is -2.39. The van der Waals surface area contributed by atoms with Crippen LogP contribution in [-0.4, -0.2) is 49.3 Å². The molecule has 0 spiro atoms. The van der Waals surface area contributed by atoms with E-state index >= 15 is 0 Å². The highest BCUT2D eigenvalue weighted by Crippen LogP contribution is 2.45. The molecule has 1 saturated carbocycles. The Morgan fingerprint density at radius 3 is 2.54 bits per heavy atom. The van der Waals surface area contributed by atoms with E-state index in [1.165, 1.54) is 12.3 Å². The third-order valence-corrected chi connectivity index (χ3v) is 7.64. The zero-order valence-electron chi connectivity index (χ0n) is 19.3. The van der Waals surface area contributed by atoms with E-state index in [0.717, 1.165) is 48.8 Å². The molecular weight excluding hydrogens is 474 g/mol. The Bertz CT molecular complexity index is 1280. The third kappa shape index (κ3) is 3.86. The monoisotopic (exact) mass is 498 g/mol. The summed E-state index contributed by atoms with van der Waals surface area (Å²) in [5, 5.41) is 9.65. The van der Waals surface area contributed by atoms with E-state index < -0.39 is 17.6 Å². The smallest absolute Gasteiger partial charge is 0.261 e. The van der Waals surface area contributed by atoms with E-state index in [0.29, 0.717) is 10.8 Å². The molecule has 6 rings (SSSR count). The molecular formula is C25H25ClF2N6O. The fourth-order valence-electron chi connectivity index (χ4n) is 5.20. The van der Waals surface area contributed by atoms with E-state index in [9.17, 15) is 13.6 Å². The summed E-state index contributed by atoms with van der Waals surface area (Å²) >= 11 is 6.32. The molecule has 2 aliphatic heterocycles. The van der Waals surface area contributed by atoms with Crippen LogP contribution in [0.5, 0.6) is 0 Å². The van der Waals surface area contributed by atoms with Crippen LogP contribution in [0.3, 0.4) is 0 Å². The van der Waals surface area contributed by atoms with E-state index in [1.54, 1.807) is 11.0 Å². The second-order valence-corrected chi connectivity index (χ2v) is 10.1. The number of hydrogen-bond acceptors (Lipinski definition) is 5. The molecule has 1 saturated heterocycles. The summed E-state index contributed by atoms with van der Waals surface area (Å²) in [5.74, 6) is 1.51. The summed E-state index contributed by atoms with van der Waals surface area (Å²) < 4.78 is 30.1. The second-order valence-electron chi connectivity index (χ2n) is 9.70. The zero-order chi connectivity index (χ0) is 24.3. The van der Waals surface area contributed by atoms with Gasteiger partial charge in [-0.1, -0.05) is 11.6 Å². The Morgan fingerprint density at radius 2 is 1.86 bits per heavy atom. The number of anilines is 1. The lowest BCUT2D eigenvalue weighted by Gasteiger charge is -2.32. The molecule has 0 radical (unpaired) electrons. The standard InChI is InChI=1S/C25H25ClF2N6O/c1-15-22-30-31-23(16-6-10-32(11-7-16)21-5-3-19(27)13-29-21)34(22)20-4-2-18(26)12-17(20)14-33(15)24(35)25(28)8-9-25/h2-5,12-13,15-16H,6-11,14H2,1H3. The van der Waals surface area contributed by atoms with Gasteiger partial charge in [-0.15, -0.1) is 10.2 Å². The molecule has 1 atom stereocenters.